The molecule has 0 heterocycles. The Morgan fingerprint density at radius 1 is 0.667 bits per heavy atom. The molecule has 0 aliphatic rings. The SMILES string of the molecule is CNC(=O)c1cc(NC(=O)CNC(=O)c2cc(NC(=O)CNC(=O)c3cc(NC=O)ccc3OCC(=O)O)ccc2OC)ccc1OC. The summed E-state index contributed by atoms with van der Waals surface area (Å²) in [6.45, 7) is -1.72. The molecule has 252 valence electrons. The largest absolute Gasteiger partial charge is 0.496 e. The van der Waals surface area contributed by atoms with Crippen LogP contribution in [0.2, 0.25) is 0 Å². The number of carboxylic acid groups (broad SMARTS) is 1. The lowest BCUT2D eigenvalue weighted by atomic mass is 10.1. The molecule has 0 bridgehead atoms. The lowest BCUT2D eigenvalue weighted by Crippen LogP contribution is -2.34. The Morgan fingerprint density at radius 2 is 1.10 bits per heavy atom. The molecule has 7 N–H and O–H groups in total. The van der Waals surface area contributed by atoms with Crippen molar-refractivity contribution in [2.24, 2.45) is 0 Å². The van der Waals surface area contributed by atoms with E-state index in [0.29, 0.717) is 12.2 Å². The monoisotopic (exact) mass is 664 g/mol. The highest BCUT2D eigenvalue weighted by atomic mass is 16.5. The van der Waals surface area contributed by atoms with Crippen molar-refractivity contribution in [3.63, 3.8) is 0 Å². The fraction of sp³-hybridized carbons (Fsp3) is 0.194. The second-order valence-corrected chi connectivity index (χ2v) is 9.53. The molecular weight excluding hydrogens is 632 g/mol. The third-order valence-corrected chi connectivity index (χ3v) is 6.30. The summed E-state index contributed by atoms with van der Waals surface area (Å²) in [6.07, 6.45) is 0.383. The number of carboxylic acids is 1. The Kier molecular flexibility index (Phi) is 12.8. The van der Waals surface area contributed by atoms with Crippen LogP contribution in [0.25, 0.3) is 0 Å². The summed E-state index contributed by atoms with van der Waals surface area (Å²) in [5, 5.41) is 23.7. The van der Waals surface area contributed by atoms with Gasteiger partial charge < -0.3 is 51.2 Å². The van der Waals surface area contributed by atoms with Crippen molar-refractivity contribution < 1.29 is 52.9 Å². The highest BCUT2D eigenvalue weighted by molar-refractivity contribution is 6.04. The van der Waals surface area contributed by atoms with E-state index < -0.39 is 55.2 Å². The van der Waals surface area contributed by atoms with Gasteiger partial charge in [-0.15, -0.1) is 0 Å². The smallest absolute Gasteiger partial charge is 0.341 e. The highest BCUT2D eigenvalue weighted by Crippen LogP contribution is 2.25. The molecule has 0 radical (unpaired) electrons. The maximum atomic E-state index is 13.0. The highest BCUT2D eigenvalue weighted by Gasteiger charge is 2.19. The number of hydrogen-bond acceptors (Lipinski definition) is 10. The molecule has 3 aromatic carbocycles. The maximum absolute atomic E-state index is 13.0. The third-order valence-electron chi connectivity index (χ3n) is 6.30. The van der Waals surface area contributed by atoms with Crippen LogP contribution in [0.1, 0.15) is 31.1 Å². The number of hydrogen-bond donors (Lipinski definition) is 7. The van der Waals surface area contributed by atoms with Gasteiger partial charge in [-0.2, -0.15) is 0 Å². The number of amides is 6. The number of carbonyl (C=O) groups is 7. The molecular formula is C31H32N6O11. The van der Waals surface area contributed by atoms with Gasteiger partial charge in [0.2, 0.25) is 18.2 Å². The molecule has 17 nitrogen and oxygen atoms in total. The van der Waals surface area contributed by atoms with Crippen molar-refractivity contribution in [1.82, 2.24) is 16.0 Å². The number of methoxy groups -OCH3 is 2. The molecule has 0 unspecified atom stereocenters. The topological polar surface area (TPSA) is 240 Å². The molecule has 0 aliphatic heterocycles. The fourth-order valence-corrected chi connectivity index (χ4v) is 4.11. The quantitative estimate of drug-likeness (QED) is 0.106. The standard InChI is InChI=1S/C31H32N6O11/c1-32-29(43)20-11-18(5-7-23(20)46-2)36-26(39)13-33-30(44)21-12-19(6-8-24(21)47-3)37-27(40)14-34-31(45)22-10-17(35-16-38)4-9-25(22)48-15-28(41)42/h4-12,16H,13-15H2,1-3H3,(H,32,43)(H,33,44)(H,34,45)(H,35,38)(H,36,39)(H,37,40)(H,41,42). The van der Waals surface area contributed by atoms with Gasteiger partial charge in [-0.3, -0.25) is 28.8 Å². The second kappa shape index (κ2) is 17.2. The van der Waals surface area contributed by atoms with E-state index in [1.165, 1.54) is 75.9 Å². The molecule has 0 fully saturated rings. The lowest BCUT2D eigenvalue weighted by Gasteiger charge is -2.14. The molecule has 0 aromatic heterocycles. The zero-order valence-electron chi connectivity index (χ0n) is 25.9. The van der Waals surface area contributed by atoms with Gasteiger partial charge in [-0.1, -0.05) is 0 Å². The number of carbonyl (C=O) groups excluding carboxylic acids is 6. The molecule has 3 rings (SSSR count). The van der Waals surface area contributed by atoms with Gasteiger partial charge in [-0.05, 0) is 54.6 Å². The molecule has 6 amide bonds. The van der Waals surface area contributed by atoms with Crippen LogP contribution in [-0.4, -0.2) is 88.0 Å². The van der Waals surface area contributed by atoms with E-state index in [0.717, 1.165) is 0 Å². The minimum atomic E-state index is -1.28. The van der Waals surface area contributed by atoms with Gasteiger partial charge in [0.1, 0.15) is 17.2 Å². The van der Waals surface area contributed by atoms with Gasteiger partial charge in [0, 0.05) is 24.1 Å². The first-order chi connectivity index (χ1) is 23.0. The van der Waals surface area contributed by atoms with Crippen LogP contribution in [0, 0.1) is 0 Å². The van der Waals surface area contributed by atoms with Gasteiger partial charge >= 0.3 is 5.97 Å². The molecule has 17 heteroatoms. The van der Waals surface area contributed by atoms with Crippen molar-refractivity contribution in [3.05, 3.63) is 71.3 Å². The third kappa shape index (κ3) is 9.93. The van der Waals surface area contributed by atoms with Crippen molar-refractivity contribution in [2.45, 2.75) is 0 Å². The van der Waals surface area contributed by atoms with Gasteiger partial charge in [0.05, 0.1) is 44.0 Å². The zero-order chi connectivity index (χ0) is 35.2. The van der Waals surface area contributed by atoms with Crippen molar-refractivity contribution in [2.75, 3.05) is 56.9 Å². The van der Waals surface area contributed by atoms with E-state index >= 15 is 0 Å². The van der Waals surface area contributed by atoms with Gasteiger partial charge in [0.15, 0.2) is 6.61 Å². The fourth-order valence-electron chi connectivity index (χ4n) is 4.11. The van der Waals surface area contributed by atoms with Crippen molar-refractivity contribution in [3.8, 4) is 17.2 Å². The van der Waals surface area contributed by atoms with Crippen LogP contribution in [0.3, 0.4) is 0 Å². The summed E-state index contributed by atoms with van der Waals surface area (Å²) < 4.78 is 15.5. The van der Waals surface area contributed by atoms with E-state index in [1.807, 2.05) is 0 Å². The van der Waals surface area contributed by atoms with Crippen LogP contribution in [-0.2, 0) is 19.2 Å². The number of ether oxygens (including phenoxy) is 3. The predicted molar refractivity (Wildman–Crippen MR) is 171 cm³/mol. The average molecular weight is 665 g/mol. The van der Waals surface area contributed by atoms with E-state index in [-0.39, 0.29) is 45.3 Å². The Labute approximate surface area is 273 Å². The summed E-state index contributed by atoms with van der Waals surface area (Å²) >= 11 is 0. The minimum absolute atomic E-state index is 0.0156. The summed E-state index contributed by atoms with van der Waals surface area (Å²) in [6, 6.07) is 12.5. The van der Waals surface area contributed by atoms with E-state index in [1.54, 1.807) is 0 Å². The first-order valence-corrected chi connectivity index (χ1v) is 13.9. The number of anilines is 3. The lowest BCUT2D eigenvalue weighted by molar-refractivity contribution is -0.139. The first-order valence-electron chi connectivity index (χ1n) is 13.9. The average Bonchev–Trinajstić information content (AvgIpc) is 3.08. The Morgan fingerprint density at radius 3 is 1.56 bits per heavy atom. The van der Waals surface area contributed by atoms with Gasteiger partial charge in [0.25, 0.3) is 17.7 Å². The van der Waals surface area contributed by atoms with Crippen LogP contribution in [0.5, 0.6) is 17.2 Å². The normalized spacial score (nSPS) is 10.1. The van der Waals surface area contributed by atoms with E-state index in [4.69, 9.17) is 19.3 Å². The molecule has 3 aromatic rings. The van der Waals surface area contributed by atoms with E-state index in [2.05, 4.69) is 31.9 Å². The number of aliphatic carboxylic acids is 1. The summed E-state index contributed by atoms with van der Waals surface area (Å²) in [7, 11) is 4.18. The van der Waals surface area contributed by atoms with Crippen LogP contribution in [0.4, 0.5) is 17.1 Å². The minimum Gasteiger partial charge on any atom is -0.496 e. The molecule has 48 heavy (non-hydrogen) atoms. The Hall–Kier alpha value is -6.65. The molecule has 0 atom stereocenters. The van der Waals surface area contributed by atoms with E-state index in [9.17, 15) is 33.6 Å². The van der Waals surface area contributed by atoms with Crippen LogP contribution in [0.15, 0.2) is 54.6 Å². The van der Waals surface area contributed by atoms with Gasteiger partial charge in [-0.25, -0.2) is 4.79 Å². The number of rotatable bonds is 16. The molecule has 0 saturated heterocycles. The summed E-state index contributed by atoms with van der Waals surface area (Å²) in [5.41, 5.74) is 0.713. The van der Waals surface area contributed by atoms with Crippen LogP contribution < -0.4 is 46.1 Å². The number of nitrogens with one attached hydrogen (secondary N) is 6. The Bertz CT molecular complexity index is 1730. The molecule has 0 aliphatic carbocycles. The Balaban J connectivity index is 1.63. The number of benzene rings is 3. The summed E-state index contributed by atoms with van der Waals surface area (Å²) in [5.74, 6) is -4.14. The maximum Gasteiger partial charge on any atom is 0.341 e. The zero-order valence-corrected chi connectivity index (χ0v) is 25.9. The van der Waals surface area contributed by atoms with Crippen LogP contribution >= 0.6 is 0 Å². The molecule has 0 saturated carbocycles. The van der Waals surface area contributed by atoms with Crippen molar-refractivity contribution in [1.29, 1.82) is 0 Å². The molecule has 0 spiro atoms. The second-order valence-electron chi connectivity index (χ2n) is 9.53. The first kappa shape index (κ1) is 35.8. The predicted octanol–water partition coefficient (Wildman–Crippen LogP) is 0.832. The van der Waals surface area contributed by atoms with Crippen molar-refractivity contribution >= 4 is 59.0 Å². The summed E-state index contributed by atoms with van der Waals surface area (Å²) in [4.78, 5) is 84.8.